The summed E-state index contributed by atoms with van der Waals surface area (Å²) >= 11 is 0. The second-order valence-electron chi connectivity index (χ2n) is 9.03. The summed E-state index contributed by atoms with van der Waals surface area (Å²) in [4.78, 5) is 12.0. The number of aryl methyl sites for hydroxylation is 5. The fraction of sp³-hybridized carbons (Fsp3) is 0.360. The lowest BCUT2D eigenvalue weighted by molar-refractivity contribution is 0.589. The summed E-state index contributed by atoms with van der Waals surface area (Å²) in [5.74, 6) is 2.02. The minimum Gasteiger partial charge on any atom is -0.278 e. The lowest BCUT2D eigenvalue weighted by atomic mass is 9.84. The maximum Gasteiger partial charge on any atom is 0.141 e. The van der Waals surface area contributed by atoms with Crippen LogP contribution in [0, 0.1) is 20.8 Å². The van der Waals surface area contributed by atoms with Crippen LogP contribution < -0.4 is 4.90 Å². The van der Waals surface area contributed by atoms with Crippen molar-refractivity contribution in [3.8, 4) is 0 Å². The van der Waals surface area contributed by atoms with Crippen molar-refractivity contribution in [2.45, 2.75) is 59.8 Å². The average Bonchev–Trinajstić information content (AvgIpc) is 2.78. The molecule has 0 saturated heterocycles. The van der Waals surface area contributed by atoms with Crippen molar-refractivity contribution in [3.05, 3.63) is 76.1 Å². The lowest BCUT2D eigenvalue weighted by Gasteiger charge is -2.30. The maximum atomic E-state index is 4.87. The normalized spacial score (nSPS) is 13.7. The van der Waals surface area contributed by atoms with E-state index in [0.29, 0.717) is 0 Å². The van der Waals surface area contributed by atoms with E-state index < -0.39 is 0 Å². The highest BCUT2D eigenvalue weighted by molar-refractivity contribution is 5.81. The first kappa shape index (κ1) is 18.7. The molecule has 0 aliphatic carbocycles. The van der Waals surface area contributed by atoms with Crippen LogP contribution in [0.3, 0.4) is 0 Å². The molecule has 2 aromatic heterocycles. The van der Waals surface area contributed by atoms with Gasteiger partial charge >= 0.3 is 0 Å². The first-order valence-electron chi connectivity index (χ1n) is 10.1. The zero-order valence-electron chi connectivity index (χ0n) is 17.8. The summed E-state index contributed by atoms with van der Waals surface area (Å²) in [6, 6.07) is 11.2. The Labute approximate surface area is 168 Å². The first-order valence-corrected chi connectivity index (χ1v) is 10.1. The van der Waals surface area contributed by atoms with Crippen LogP contribution in [0.4, 0.5) is 17.3 Å². The zero-order chi connectivity index (χ0) is 20.1. The van der Waals surface area contributed by atoms with Crippen LogP contribution in [0.2, 0.25) is 0 Å². The molecular formula is C25H29N3. The van der Waals surface area contributed by atoms with E-state index in [0.717, 1.165) is 24.5 Å². The van der Waals surface area contributed by atoms with Gasteiger partial charge in [-0.05, 0) is 78.5 Å². The smallest absolute Gasteiger partial charge is 0.141 e. The van der Waals surface area contributed by atoms with Crippen LogP contribution in [-0.4, -0.2) is 9.97 Å². The molecule has 0 fully saturated rings. The Hall–Kier alpha value is -2.68. The zero-order valence-corrected chi connectivity index (χ0v) is 17.8. The summed E-state index contributed by atoms with van der Waals surface area (Å²) in [6.07, 6.45) is 5.82. The fourth-order valence-corrected chi connectivity index (χ4v) is 4.16. The molecule has 3 aromatic rings. The van der Waals surface area contributed by atoms with Crippen molar-refractivity contribution in [1.82, 2.24) is 9.97 Å². The van der Waals surface area contributed by atoms with Gasteiger partial charge in [0.1, 0.15) is 11.6 Å². The quantitative estimate of drug-likeness (QED) is 0.505. The van der Waals surface area contributed by atoms with Crippen LogP contribution in [0.5, 0.6) is 0 Å². The lowest BCUT2D eigenvalue weighted by Crippen LogP contribution is -2.19. The predicted molar refractivity (Wildman–Crippen MR) is 117 cm³/mol. The molecule has 0 saturated carbocycles. The van der Waals surface area contributed by atoms with Crippen molar-refractivity contribution in [2.75, 3.05) is 4.90 Å². The Morgan fingerprint density at radius 1 is 0.857 bits per heavy atom. The molecule has 0 bridgehead atoms. The molecule has 0 unspecified atom stereocenters. The Morgan fingerprint density at radius 3 is 2.18 bits per heavy atom. The van der Waals surface area contributed by atoms with E-state index >= 15 is 0 Å². The van der Waals surface area contributed by atoms with E-state index in [1.165, 1.54) is 39.1 Å². The molecule has 0 amide bonds. The van der Waals surface area contributed by atoms with Crippen molar-refractivity contribution in [1.29, 1.82) is 0 Å². The summed E-state index contributed by atoms with van der Waals surface area (Å²) < 4.78 is 0. The van der Waals surface area contributed by atoms with Gasteiger partial charge in [0.2, 0.25) is 0 Å². The molecule has 0 atom stereocenters. The minimum absolute atomic E-state index is 0.121. The van der Waals surface area contributed by atoms with E-state index in [2.05, 4.69) is 70.7 Å². The van der Waals surface area contributed by atoms with Crippen molar-refractivity contribution < 1.29 is 0 Å². The van der Waals surface area contributed by atoms with E-state index in [1.54, 1.807) is 0 Å². The van der Waals surface area contributed by atoms with Crippen LogP contribution >= 0.6 is 0 Å². The van der Waals surface area contributed by atoms with Gasteiger partial charge in [-0.3, -0.25) is 4.90 Å². The van der Waals surface area contributed by atoms with Gasteiger partial charge in [0, 0.05) is 12.4 Å². The Bertz CT molecular complexity index is 1020. The molecular weight excluding hydrogens is 342 g/mol. The van der Waals surface area contributed by atoms with Crippen molar-refractivity contribution in [3.63, 3.8) is 0 Å². The molecule has 0 N–H and O–H groups in total. The summed E-state index contributed by atoms with van der Waals surface area (Å²) in [7, 11) is 0. The van der Waals surface area contributed by atoms with Gasteiger partial charge in [-0.1, -0.05) is 45.0 Å². The molecule has 28 heavy (non-hydrogen) atoms. The Morgan fingerprint density at radius 2 is 1.50 bits per heavy atom. The van der Waals surface area contributed by atoms with Gasteiger partial charge in [-0.25, -0.2) is 9.97 Å². The standard InChI is InChI=1S/C25H29N3/c1-16-12-20-10-9-19-8-7-11-26-23(19)28(24(20)27-15-16)22-17(2)13-21(14-18(22)3)25(4,5)6/h7-8,11-15H,9-10H2,1-6H3. The molecule has 144 valence electrons. The van der Waals surface area contributed by atoms with Crippen LogP contribution in [0.15, 0.2) is 42.7 Å². The number of anilines is 3. The minimum atomic E-state index is 0.121. The van der Waals surface area contributed by atoms with Gasteiger partial charge in [-0.2, -0.15) is 0 Å². The SMILES string of the molecule is Cc1cnc2c(c1)CCc1cccnc1N2c1c(C)cc(C(C)(C)C)cc1C. The van der Waals surface area contributed by atoms with E-state index in [1.807, 2.05) is 18.5 Å². The van der Waals surface area contributed by atoms with Crippen molar-refractivity contribution >= 4 is 17.3 Å². The van der Waals surface area contributed by atoms with Crippen LogP contribution in [0.1, 0.15) is 54.2 Å². The molecule has 0 spiro atoms. The Kier molecular flexibility index (Phi) is 4.49. The molecule has 3 nitrogen and oxygen atoms in total. The maximum absolute atomic E-state index is 4.87. The van der Waals surface area contributed by atoms with Crippen LogP contribution in [0.25, 0.3) is 0 Å². The second kappa shape index (κ2) is 6.73. The van der Waals surface area contributed by atoms with Gasteiger partial charge in [-0.15, -0.1) is 0 Å². The second-order valence-corrected chi connectivity index (χ2v) is 9.03. The molecule has 1 aliphatic rings. The third kappa shape index (κ3) is 3.19. The number of hydrogen-bond acceptors (Lipinski definition) is 3. The number of pyridine rings is 2. The van der Waals surface area contributed by atoms with Gasteiger partial charge < -0.3 is 0 Å². The molecule has 1 aliphatic heterocycles. The number of fused-ring (bicyclic) bond motifs is 2. The third-order valence-electron chi connectivity index (χ3n) is 5.62. The fourth-order valence-electron chi connectivity index (χ4n) is 4.16. The molecule has 1 aromatic carbocycles. The molecule has 3 heterocycles. The average molecular weight is 372 g/mol. The first-order chi connectivity index (χ1) is 13.3. The molecule has 3 heteroatoms. The topological polar surface area (TPSA) is 29.0 Å². The predicted octanol–water partition coefficient (Wildman–Crippen LogP) is 6.27. The van der Waals surface area contributed by atoms with Gasteiger partial charge in [0.05, 0.1) is 5.69 Å². The summed E-state index contributed by atoms with van der Waals surface area (Å²) in [5, 5.41) is 0. The highest BCUT2D eigenvalue weighted by atomic mass is 15.2. The number of aromatic nitrogens is 2. The number of benzene rings is 1. The van der Waals surface area contributed by atoms with E-state index in [4.69, 9.17) is 9.97 Å². The Balaban J connectivity index is 2.00. The number of rotatable bonds is 1. The molecule has 0 radical (unpaired) electrons. The third-order valence-corrected chi connectivity index (χ3v) is 5.62. The van der Waals surface area contributed by atoms with E-state index in [-0.39, 0.29) is 5.41 Å². The van der Waals surface area contributed by atoms with Crippen LogP contribution in [-0.2, 0) is 18.3 Å². The molecule has 4 rings (SSSR count). The largest absolute Gasteiger partial charge is 0.278 e. The highest BCUT2D eigenvalue weighted by Crippen LogP contribution is 2.43. The highest BCUT2D eigenvalue weighted by Gasteiger charge is 2.27. The van der Waals surface area contributed by atoms with Gasteiger partial charge in [0.25, 0.3) is 0 Å². The van der Waals surface area contributed by atoms with Crippen molar-refractivity contribution in [2.24, 2.45) is 0 Å². The monoisotopic (exact) mass is 371 g/mol. The summed E-state index contributed by atoms with van der Waals surface area (Å²) in [6.45, 7) is 13.3. The number of nitrogens with zero attached hydrogens (tertiary/aromatic N) is 3. The summed E-state index contributed by atoms with van der Waals surface area (Å²) in [5.41, 5.74) is 8.97. The van der Waals surface area contributed by atoms with Gasteiger partial charge in [0.15, 0.2) is 0 Å². The van der Waals surface area contributed by atoms with E-state index in [9.17, 15) is 0 Å². The number of hydrogen-bond donors (Lipinski definition) is 0.